The third-order valence-electron chi connectivity index (χ3n) is 2.35. The second kappa shape index (κ2) is 5.98. The fraction of sp³-hybridized carbons (Fsp3) is 0.182. The largest absolute Gasteiger partial charge is 0.383 e. The molecule has 2 aromatic heterocycles. The molecular formula is C11H11BrN4O2S. The van der Waals surface area contributed by atoms with Crippen LogP contribution in [-0.2, 0) is 6.42 Å². The van der Waals surface area contributed by atoms with E-state index in [4.69, 9.17) is 5.73 Å². The third-order valence-corrected chi connectivity index (χ3v) is 4.03. The molecule has 8 heteroatoms. The number of rotatable bonds is 5. The highest BCUT2D eigenvalue weighted by atomic mass is 79.9. The van der Waals surface area contributed by atoms with Crippen LogP contribution in [0.15, 0.2) is 28.1 Å². The Bertz CT molecular complexity index is 602. The number of nitrogens with one attached hydrogen (secondary N) is 1. The Kier molecular flexibility index (Phi) is 4.33. The first-order valence-corrected chi connectivity index (χ1v) is 7.05. The van der Waals surface area contributed by atoms with Crippen molar-refractivity contribution in [3.05, 3.63) is 43.0 Å². The van der Waals surface area contributed by atoms with Gasteiger partial charge < -0.3 is 11.1 Å². The lowest BCUT2D eigenvalue weighted by atomic mass is 10.3. The minimum atomic E-state index is -0.487. The number of aromatic nitrogens is 1. The van der Waals surface area contributed by atoms with Crippen molar-refractivity contribution in [2.75, 3.05) is 17.6 Å². The summed E-state index contributed by atoms with van der Waals surface area (Å²) in [6, 6.07) is 6.64. The van der Waals surface area contributed by atoms with Crippen LogP contribution in [0.3, 0.4) is 0 Å². The van der Waals surface area contributed by atoms with Gasteiger partial charge in [-0.25, -0.2) is 4.98 Å². The normalized spacial score (nSPS) is 10.4. The fourth-order valence-electron chi connectivity index (χ4n) is 1.53. The SMILES string of the molecule is Nc1cc([N+](=O)[O-])cc(NCCc2ccc(Br)s2)n1. The molecule has 2 heterocycles. The Morgan fingerprint density at radius 1 is 1.47 bits per heavy atom. The number of nitrogens with two attached hydrogens (primary N) is 1. The Balaban J connectivity index is 1.97. The molecule has 100 valence electrons. The molecule has 0 fully saturated rings. The van der Waals surface area contributed by atoms with Crippen LogP contribution in [0.25, 0.3) is 0 Å². The van der Waals surface area contributed by atoms with Crippen molar-refractivity contribution in [3.63, 3.8) is 0 Å². The molecule has 0 aliphatic carbocycles. The second-order valence-electron chi connectivity index (χ2n) is 3.78. The van der Waals surface area contributed by atoms with E-state index in [0.717, 1.165) is 10.2 Å². The average Bonchev–Trinajstić information content (AvgIpc) is 2.74. The van der Waals surface area contributed by atoms with Crippen LogP contribution >= 0.6 is 27.3 Å². The molecule has 0 atom stereocenters. The second-order valence-corrected chi connectivity index (χ2v) is 6.32. The van der Waals surface area contributed by atoms with Gasteiger partial charge in [0.05, 0.1) is 20.8 Å². The summed E-state index contributed by atoms with van der Waals surface area (Å²) in [7, 11) is 0. The van der Waals surface area contributed by atoms with E-state index in [1.54, 1.807) is 11.3 Å². The van der Waals surface area contributed by atoms with Gasteiger partial charge >= 0.3 is 0 Å². The molecule has 6 nitrogen and oxygen atoms in total. The molecule has 0 unspecified atom stereocenters. The van der Waals surface area contributed by atoms with Crippen molar-refractivity contribution >= 4 is 44.6 Å². The third kappa shape index (κ3) is 3.90. The molecule has 0 spiro atoms. The highest BCUT2D eigenvalue weighted by molar-refractivity contribution is 9.11. The van der Waals surface area contributed by atoms with E-state index in [0.29, 0.717) is 12.4 Å². The lowest BCUT2D eigenvalue weighted by Gasteiger charge is -2.05. The predicted molar refractivity (Wildman–Crippen MR) is 79.5 cm³/mol. The van der Waals surface area contributed by atoms with Gasteiger partial charge in [0.1, 0.15) is 11.6 Å². The molecule has 2 aromatic rings. The lowest BCUT2D eigenvalue weighted by Crippen LogP contribution is -2.07. The summed E-state index contributed by atoms with van der Waals surface area (Å²) in [5.41, 5.74) is 5.46. The molecule has 0 aliphatic rings. The standard InChI is InChI=1S/C11H11BrN4O2S/c12-9-2-1-8(19-9)3-4-14-11-6-7(16(17)18)5-10(13)15-11/h1-2,5-6H,3-4H2,(H3,13,14,15). The van der Waals surface area contributed by atoms with E-state index in [9.17, 15) is 10.1 Å². The van der Waals surface area contributed by atoms with Gasteiger partial charge in [-0.3, -0.25) is 10.1 Å². The summed E-state index contributed by atoms with van der Waals surface area (Å²) < 4.78 is 1.08. The van der Waals surface area contributed by atoms with Crippen LogP contribution < -0.4 is 11.1 Å². The predicted octanol–water partition coefficient (Wildman–Crippen LogP) is 3.05. The number of nitrogen functional groups attached to an aromatic ring is 1. The Labute approximate surface area is 121 Å². The molecule has 0 saturated heterocycles. The zero-order valence-corrected chi connectivity index (χ0v) is 12.2. The Morgan fingerprint density at radius 2 is 2.26 bits per heavy atom. The van der Waals surface area contributed by atoms with E-state index in [2.05, 4.69) is 26.2 Å². The van der Waals surface area contributed by atoms with Gasteiger partial charge in [-0.1, -0.05) is 0 Å². The number of hydrogen-bond donors (Lipinski definition) is 2. The zero-order chi connectivity index (χ0) is 13.8. The van der Waals surface area contributed by atoms with Gasteiger partial charge in [0, 0.05) is 11.4 Å². The maximum absolute atomic E-state index is 10.7. The number of hydrogen-bond acceptors (Lipinski definition) is 6. The van der Waals surface area contributed by atoms with E-state index >= 15 is 0 Å². The fourth-order valence-corrected chi connectivity index (χ4v) is 3.02. The molecule has 0 amide bonds. The lowest BCUT2D eigenvalue weighted by molar-refractivity contribution is -0.384. The van der Waals surface area contributed by atoms with Gasteiger partial charge in [0.25, 0.3) is 5.69 Å². The Hall–Kier alpha value is -1.67. The molecule has 19 heavy (non-hydrogen) atoms. The molecule has 0 bridgehead atoms. The Morgan fingerprint density at radius 3 is 2.89 bits per heavy atom. The molecular weight excluding hydrogens is 332 g/mol. The highest BCUT2D eigenvalue weighted by Gasteiger charge is 2.09. The van der Waals surface area contributed by atoms with Gasteiger partial charge in [0.15, 0.2) is 0 Å². The first-order chi connectivity index (χ1) is 9.04. The van der Waals surface area contributed by atoms with E-state index in [-0.39, 0.29) is 11.5 Å². The molecule has 2 rings (SSSR count). The van der Waals surface area contributed by atoms with Gasteiger partial charge in [-0.05, 0) is 34.5 Å². The molecule has 0 aromatic carbocycles. The summed E-state index contributed by atoms with van der Waals surface area (Å²) in [6.45, 7) is 0.639. The van der Waals surface area contributed by atoms with Gasteiger partial charge in [-0.2, -0.15) is 0 Å². The quantitative estimate of drug-likeness (QED) is 0.643. The molecule has 0 aliphatic heterocycles. The molecule has 0 saturated carbocycles. The smallest absolute Gasteiger partial charge is 0.276 e. The van der Waals surface area contributed by atoms with E-state index in [1.807, 2.05) is 12.1 Å². The summed E-state index contributed by atoms with van der Waals surface area (Å²) in [6.07, 6.45) is 0.820. The first kappa shape index (κ1) is 13.8. The summed E-state index contributed by atoms with van der Waals surface area (Å²) in [5.74, 6) is 0.554. The highest BCUT2D eigenvalue weighted by Crippen LogP contribution is 2.23. The summed E-state index contributed by atoms with van der Waals surface area (Å²) in [4.78, 5) is 15.4. The van der Waals surface area contributed by atoms with Crippen LogP contribution in [0.5, 0.6) is 0 Å². The average molecular weight is 343 g/mol. The maximum atomic E-state index is 10.7. The minimum Gasteiger partial charge on any atom is -0.383 e. The first-order valence-electron chi connectivity index (χ1n) is 5.44. The monoisotopic (exact) mass is 342 g/mol. The number of nitro groups is 1. The van der Waals surface area contributed by atoms with Crippen LogP contribution in [-0.4, -0.2) is 16.5 Å². The maximum Gasteiger partial charge on any atom is 0.276 e. The molecule has 0 radical (unpaired) electrons. The van der Waals surface area contributed by atoms with E-state index < -0.39 is 4.92 Å². The number of pyridine rings is 1. The van der Waals surface area contributed by atoms with Crippen molar-refractivity contribution in [1.82, 2.24) is 4.98 Å². The molecule has 3 N–H and O–H groups in total. The number of thiophene rings is 1. The number of anilines is 2. The summed E-state index contributed by atoms with van der Waals surface area (Å²) in [5, 5.41) is 13.7. The van der Waals surface area contributed by atoms with Crippen LogP contribution in [0, 0.1) is 10.1 Å². The van der Waals surface area contributed by atoms with Gasteiger partial charge in [0.2, 0.25) is 0 Å². The minimum absolute atomic E-state index is 0.0612. The van der Waals surface area contributed by atoms with Gasteiger partial charge in [-0.15, -0.1) is 11.3 Å². The van der Waals surface area contributed by atoms with Crippen LogP contribution in [0.1, 0.15) is 4.88 Å². The van der Waals surface area contributed by atoms with E-state index in [1.165, 1.54) is 17.0 Å². The van der Waals surface area contributed by atoms with Crippen molar-refractivity contribution < 1.29 is 4.92 Å². The zero-order valence-electron chi connectivity index (χ0n) is 9.80. The van der Waals surface area contributed by atoms with Crippen molar-refractivity contribution in [3.8, 4) is 0 Å². The summed E-state index contributed by atoms with van der Waals surface area (Å²) >= 11 is 5.06. The number of halogens is 1. The van der Waals surface area contributed by atoms with Crippen molar-refractivity contribution in [2.24, 2.45) is 0 Å². The topological polar surface area (TPSA) is 94.1 Å². The number of nitrogens with zero attached hydrogens (tertiary/aromatic N) is 2. The van der Waals surface area contributed by atoms with Crippen molar-refractivity contribution in [2.45, 2.75) is 6.42 Å². The van der Waals surface area contributed by atoms with Crippen LogP contribution in [0.4, 0.5) is 17.3 Å². The van der Waals surface area contributed by atoms with Crippen molar-refractivity contribution in [1.29, 1.82) is 0 Å². The van der Waals surface area contributed by atoms with Crippen LogP contribution in [0.2, 0.25) is 0 Å².